The van der Waals surface area contributed by atoms with Crippen LogP contribution in [-0.2, 0) is 4.79 Å². The van der Waals surface area contributed by atoms with Crippen molar-refractivity contribution < 1.29 is 19.5 Å². The molecule has 0 fully saturated rings. The number of nitrogens with one attached hydrogen (secondary N) is 2. The third-order valence-electron chi connectivity index (χ3n) is 2.50. The molecule has 19 heavy (non-hydrogen) atoms. The van der Waals surface area contributed by atoms with Crippen LogP contribution in [0.3, 0.4) is 0 Å². The van der Waals surface area contributed by atoms with Crippen LogP contribution < -0.4 is 16.4 Å². The van der Waals surface area contributed by atoms with Gasteiger partial charge in [0.05, 0.1) is 11.3 Å². The van der Waals surface area contributed by atoms with E-state index in [9.17, 15) is 14.4 Å². The lowest BCUT2D eigenvalue weighted by atomic mass is 10.1. The second-order valence-electron chi connectivity index (χ2n) is 4.02. The molecular formula is C12H15N3O4. The van der Waals surface area contributed by atoms with Crippen LogP contribution in [0, 0.1) is 6.92 Å². The van der Waals surface area contributed by atoms with E-state index in [4.69, 9.17) is 10.8 Å². The van der Waals surface area contributed by atoms with Gasteiger partial charge in [-0.05, 0) is 25.5 Å². The zero-order chi connectivity index (χ0) is 14.6. The highest BCUT2D eigenvalue weighted by Gasteiger charge is 2.18. The summed E-state index contributed by atoms with van der Waals surface area (Å²) in [5, 5.41) is 13.8. The predicted molar refractivity (Wildman–Crippen MR) is 68.9 cm³/mol. The zero-order valence-corrected chi connectivity index (χ0v) is 10.6. The van der Waals surface area contributed by atoms with Crippen LogP contribution in [0.5, 0.6) is 0 Å². The Morgan fingerprint density at radius 2 is 1.95 bits per heavy atom. The maximum absolute atomic E-state index is 11.8. The molecular weight excluding hydrogens is 250 g/mol. The molecule has 0 aromatic heterocycles. The maximum atomic E-state index is 11.8. The lowest BCUT2D eigenvalue weighted by molar-refractivity contribution is -0.117. The van der Waals surface area contributed by atoms with Gasteiger partial charge in [0.15, 0.2) is 0 Å². The van der Waals surface area contributed by atoms with Gasteiger partial charge in [0.2, 0.25) is 5.91 Å². The van der Waals surface area contributed by atoms with Gasteiger partial charge in [-0.25, -0.2) is 9.59 Å². The number of primary amides is 1. The molecule has 0 saturated heterocycles. The van der Waals surface area contributed by atoms with Crippen molar-refractivity contribution in [3.05, 3.63) is 29.3 Å². The van der Waals surface area contributed by atoms with E-state index in [-0.39, 0.29) is 11.3 Å². The van der Waals surface area contributed by atoms with Crippen LogP contribution in [0.2, 0.25) is 0 Å². The van der Waals surface area contributed by atoms with Crippen LogP contribution in [0.4, 0.5) is 10.5 Å². The highest BCUT2D eigenvalue weighted by Crippen LogP contribution is 2.19. The van der Waals surface area contributed by atoms with E-state index < -0.39 is 23.9 Å². The first-order valence-corrected chi connectivity index (χ1v) is 5.52. The molecule has 7 nitrogen and oxygen atoms in total. The lowest BCUT2D eigenvalue weighted by Crippen LogP contribution is -2.44. The molecule has 1 atom stereocenters. The number of carbonyl (C=O) groups is 3. The van der Waals surface area contributed by atoms with Crippen molar-refractivity contribution in [2.75, 3.05) is 5.32 Å². The third kappa shape index (κ3) is 3.70. The van der Waals surface area contributed by atoms with E-state index in [0.29, 0.717) is 5.56 Å². The first kappa shape index (κ1) is 14.5. The normalized spacial score (nSPS) is 11.5. The predicted octanol–water partition coefficient (Wildman–Crippen LogP) is 0.689. The molecule has 0 saturated carbocycles. The number of amides is 3. The monoisotopic (exact) mass is 265 g/mol. The Kier molecular flexibility index (Phi) is 4.46. The minimum absolute atomic E-state index is 0.0159. The molecule has 1 rings (SSSR count). The number of urea groups is 1. The Hall–Kier alpha value is -2.57. The summed E-state index contributed by atoms with van der Waals surface area (Å²) in [4.78, 5) is 33.5. The topological polar surface area (TPSA) is 122 Å². The van der Waals surface area contributed by atoms with E-state index in [1.165, 1.54) is 13.0 Å². The first-order valence-electron chi connectivity index (χ1n) is 5.52. The molecule has 0 heterocycles. The Balaban J connectivity index is 2.94. The van der Waals surface area contributed by atoms with Crippen molar-refractivity contribution in [2.45, 2.75) is 19.9 Å². The number of carboxylic acid groups (broad SMARTS) is 1. The lowest BCUT2D eigenvalue weighted by Gasteiger charge is -2.14. The smallest absolute Gasteiger partial charge is 0.338 e. The number of nitrogens with two attached hydrogens (primary N) is 1. The first-order chi connectivity index (χ1) is 8.82. The number of aromatic carboxylic acids is 1. The zero-order valence-electron chi connectivity index (χ0n) is 10.6. The third-order valence-corrected chi connectivity index (χ3v) is 2.50. The molecule has 0 radical (unpaired) electrons. The molecule has 0 spiro atoms. The van der Waals surface area contributed by atoms with Crippen LogP contribution in [0.1, 0.15) is 22.8 Å². The fourth-order valence-electron chi connectivity index (χ4n) is 1.58. The summed E-state index contributed by atoms with van der Waals surface area (Å²) in [5.41, 5.74) is 5.62. The number of hydrogen-bond acceptors (Lipinski definition) is 3. The molecule has 7 heteroatoms. The average molecular weight is 265 g/mol. The minimum Gasteiger partial charge on any atom is -0.478 e. The largest absolute Gasteiger partial charge is 0.478 e. The fourth-order valence-corrected chi connectivity index (χ4v) is 1.58. The van der Waals surface area contributed by atoms with Gasteiger partial charge in [-0.15, -0.1) is 0 Å². The summed E-state index contributed by atoms with van der Waals surface area (Å²) in [5.74, 6) is -1.68. The number of anilines is 1. The van der Waals surface area contributed by atoms with Gasteiger partial charge in [-0.2, -0.15) is 0 Å². The van der Waals surface area contributed by atoms with Gasteiger partial charge >= 0.3 is 12.0 Å². The molecule has 102 valence electrons. The summed E-state index contributed by atoms with van der Waals surface area (Å²) < 4.78 is 0. The van der Waals surface area contributed by atoms with Crippen molar-refractivity contribution >= 4 is 23.6 Å². The van der Waals surface area contributed by atoms with Crippen LogP contribution in [0.25, 0.3) is 0 Å². The van der Waals surface area contributed by atoms with Crippen molar-refractivity contribution in [3.8, 4) is 0 Å². The SMILES string of the molecule is Cc1cccc(NC(=O)C(C)NC(N)=O)c1C(=O)O. The minimum atomic E-state index is -1.14. The van der Waals surface area contributed by atoms with E-state index in [2.05, 4.69) is 10.6 Å². The number of aryl methyl sites for hydroxylation is 1. The quantitative estimate of drug-likeness (QED) is 0.639. The Morgan fingerprint density at radius 3 is 2.47 bits per heavy atom. The van der Waals surface area contributed by atoms with E-state index in [0.717, 1.165) is 0 Å². The van der Waals surface area contributed by atoms with Gasteiger partial charge in [0.1, 0.15) is 6.04 Å². The van der Waals surface area contributed by atoms with Crippen molar-refractivity contribution in [1.29, 1.82) is 0 Å². The number of rotatable bonds is 4. The van der Waals surface area contributed by atoms with E-state index >= 15 is 0 Å². The number of carbonyl (C=O) groups excluding carboxylic acids is 2. The van der Waals surface area contributed by atoms with Gasteiger partial charge in [-0.3, -0.25) is 4.79 Å². The van der Waals surface area contributed by atoms with Gasteiger partial charge in [-0.1, -0.05) is 12.1 Å². The van der Waals surface area contributed by atoms with Gasteiger partial charge in [0, 0.05) is 0 Å². The average Bonchev–Trinajstić information content (AvgIpc) is 2.27. The molecule has 1 aromatic carbocycles. The van der Waals surface area contributed by atoms with Crippen molar-refractivity contribution in [3.63, 3.8) is 0 Å². The van der Waals surface area contributed by atoms with E-state index in [1.54, 1.807) is 19.1 Å². The molecule has 0 aliphatic carbocycles. The number of hydrogen-bond donors (Lipinski definition) is 4. The summed E-state index contributed by atoms with van der Waals surface area (Å²) in [6, 6.07) is 3.05. The highest BCUT2D eigenvalue weighted by molar-refractivity contribution is 6.03. The van der Waals surface area contributed by atoms with E-state index in [1.807, 2.05) is 0 Å². The van der Waals surface area contributed by atoms with Crippen molar-refractivity contribution in [2.24, 2.45) is 5.73 Å². The van der Waals surface area contributed by atoms with Crippen LogP contribution in [-0.4, -0.2) is 29.1 Å². The fraction of sp³-hybridized carbons (Fsp3) is 0.250. The second-order valence-corrected chi connectivity index (χ2v) is 4.02. The number of benzene rings is 1. The summed E-state index contributed by atoms with van der Waals surface area (Å²) in [6.07, 6.45) is 0. The molecule has 1 aromatic rings. The van der Waals surface area contributed by atoms with Crippen LogP contribution in [0.15, 0.2) is 18.2 Å². The standard InChI is InChI=1S/C12H15N3O4/c1-6-4-3-5-8(9(6)11(17)18)15-10(16)7(2)14-12(13)19/h3-5,7H,1-2H3,(H,15,16)(H,17,18)(H3,13,14,19). The van der Waals surface area contributed by atoms with Crippen LogP contribution >= 0.6 is 0 Å². The summed E-state index contributed by atoms with van der Waals surface area (Å²) >= 11 is 0. The molecule has 0 aliphatic rings. The molecule has 0 bridgehead atoms. The Bertz CT molecular complexity index is 528. The summed E-state index contributed by atoms with van der Waals surface area (Å²) in [7, 11) is 0. The van der Waals surface area contributed by atoms with Crippen molar-refractivity contribution in [1.82, 2.24) is 5.32 Å². The molecule has 3 amide bonds. The summed E-state index contributed by atoms with van der Waals surface area (Å²) in [6.45, 7) is 3.07. The maximum Gasteiger partial charge on any atom is 0.338 e. The highest BCUT2D eigenvalue weighted by atomic mass is 16.4. The Morgan fingerprint density at radius 1 is 1.32 bits per heavy atom. The molecule has 1 unspecified atom stereocenters. The molecule has 5 N–H and O–H groups in total. The molecule has 0 aliphatic heterocycles. The Labute approximate surface area is 109 Å². The van der Waals surface area contributed by atoms with Gasteiger partial charge in [0.25, 0.3) is 0 Å². The number of carboxylic acids is 1. The van der Waals surface area contributed by atoms with Gasteiger partial charge < -0.3 is 21.5 Å². The second kappa shape index (κ2) is 5.85.